The quantitative estimate of drug-likeness (QED) is 0.875. The van der Waals surface area contributed by atoms with Crippen LogP contribution in [-0.2, 0) is 9.59 Å². The summed E-state index contributed by atoms with van der Waals surface area (Å²) in [6.07, 6.45) is 3.52. The monoisotopic (exact) mass is 317 g/mol. The first-order chi connectivity index (χ1) is 11.0. The highest BCUT2D eigenvalue weighted by atomic mass is 16.2. The van der Waals surface area contributed by atoms with E-state index < -0.39 is 0 Å². The minimum atomic E-state index is -0.196. The third-order valence-electron chi connectivity index (χ3n) is 4.61. The van der Waals surface area contributed by atoms with Gasteiger partial charge in [0.05, 0.1) is 13.1 Å². The zero-order valence-corrected chi connectivity index (χ0v) is 14.3. The van der Waals surface area contributed by atoms with E-state index in [-0.39, 0.29) is 18.4 Å². The Balaban J connectivity index is 1.77. The second-order valence-corrected chi connectivity index (χ2v) is 6.39. The van der Waals surface area contributed by atoms with Gasteiger partial charge in [-0.2, -0.15) is 0 Å². The number of benzene rings is 1. The summed E-state index contributed by atoms with van der Waals surface area (Å²) in [6, 6.07) is 6.23. The number of piperidine rings is 1. The standard InChI is InChI=1S/C18H27N3O2/c1-13-7-6-9-16(15(13)3)20-17(22)11-19-18(23)12-21-10-5-4-8-14(21)2/h6-7,9,14H,4-5,8,10-12H2,1-3H3,(H,19,23)(H,20,22)/t14-/m0/s1. The summed E-state index contributed by atoms with van der Waals surface area (Å²) in [6.45, 7) is 7.48. The van der Waals surface area contributed by atoms with Crippen LogP contribution in [0.4, 0.5) is 5.69 Å². The van der Waals surface area contributed by atoms with Crippen molar-refractivity contribution in [3.05, 3.63) is 29.3 Å². The van der Waals surface area contributed by atoms with Crippen LogP contribution >= 0.6 is 0 Å². The molecule has 23 heavy (non-hydrogen) atoms. The molecule has 1 fully saturated rings. The van der Waals surface area contributed by atoms with Gasteiger partial charge in [-0.1, -0.05) is 18.6 Å². The largest absolute Gasteiger partial charge is 0.346 e. The first kappa shape index (κ1) is 17.5. The Kier molecular flexibility index (Phi) is 6.16. The Hall–Kier alpha value is -1.88. The Morgan fingerprint density at radius 2 is 2.00 bits per heavy atom. The number of aryl methyl sites for hydroxylation is 1. The second kappa shape index (κ2) is 8.11. The van der Waals surface area contributed by atoms with Gasteiger partial charge in [0.25, 0.3) is 0 Å². The first-order valence-electron chi connectivity index (χ1n) is 8.34. The molecule has 1 saturated heterocycles. The van der Waals surface area contributed by atoms with Crippen molar-refractivity contribution < 1.29 is 9.59 Å². The van der Waals surface area contributed by atoms with Gasteiger partial charge in [-0.15, -0.1) is 0 Å². The lowest BCUT2D eigenvalue weighted by atomic mass is 10.0. The second-order valence-electron chi connectivity index (χ2n) is 6.39. The number of carbonyl (C=O) groups excluding carboxylic acids is 2. The highest BCUT2D eigenvalue weighted by Gasteiger charge is 2.20. The molecular formula is C18H27N3O2. The van der Waals surface area contributed by atoms with Crippen LogP contribution in [0, 0.1) is 13.8 Å². The lowest BCUT2D eigenvalue weighted by Gasteiger charge is -2.32. The van der Waals surface area contributed by atoms with Crippen LogP contribution < -0.4 is 10.6 Å². The number of nitrogens with zero attached hydrogens (tertiary/aromatic N) is 1. The van der Waals surface area contributed by atoms with Crippen LogP contribution in [0.1, 0.15) is 37.3 Å². The molecule has 126 valence electrons. The van der Waals surface area contributed by atoms with Gasteiger partial charge in [0.2, 0.25) is 11.8 Å². The van der Waals surface area contributed by atoms with E-state index in [9.17, 15) is 9.59 Å². The van der Waals surface area contributed by atoms with Crippen LogP contribution in [0.5, 0.6) is 0 Å². The van der Waals surface area contributed by atoms with E-state index in [1.165, 1.54) is 6.42 Å². The van der Waals surface area contributed by atoms with Gasteiger partial charge in [0, 0.05) is 11.7 Å². The minimum Gasteiger partial charge on any atom is -0.346 e. The Labute approximate surface area is 138 Å². The number of hydrogen-bond donors (Lipinski definition) is 2. The molecular weight excluding hydrogens is 290 g/mol. The summed E-state index contributed by atoms with van der Waals surface area (Å²) in [5.41, 5.74) is 2.98. The van der Waals surface area contributed by atoms with Crippen molar-refractivity contribution in [1.29, 1.82) is 0 Å². The maximum absolute atomic E-state index is 12.0. The van der Waals surface area contributed by atoms with Crippen LogP contribution in [0.2, 0.25) is 0 Å². The fraction of sp³-hybridized carbons (Fsp3) is 0.556. The van der Waals surface area contributed by atoms with Crippen LogP contribution in [0.15, 0.2) is 18.2 Å². The fourth-order valence-electron chi connectivity index (χ4n) is 2.89. The minimum absolute atomic E-state index is 0.00837. The fourth-order valence-corrected chi connectivity index (χ4v) is 2.89. The lowest BCUT2D eigenvalue weighted by molar-refractivity contribution is -0.125. The number of amides is 2. The normalized spacial score (nSPS) is 18.5. The molecule has 1 heterocycles. The molecule has 0 bridgehead atoms. The average molecular weight is 317 g/mol. The molecule has 0 saturated carbocycles. The van der Waals surface area contributed by atoms with Crippen molar-refractivity contribution in [2.24, 2.45) is 0 Å². The van der Waals surface area contributed by atoms with Crippen molar-refractivity contribution in [2.75, 3.05) is 25.0 Å². The van der Waals surface area contributed by atoms with Crippen LogP contribution in [0.25, 0.3) is 0 Å². The predicted molar refractivity (Wildman–Crippen MR) is 92.4 cm³/mol. The Morgan fingerprint density at radius 1 is 1.22 bits per heavy atom. The lowest BCUT2D eigenvalue weighted by Crippen LogP contribution is -2.45. The smallest absolute Gasteiger partial charge is 0.243 e. The number of rotatable bonds is 5. The van der Waals surface area contributed by atoms with Crippen LogP contribution in [-0.4, -0.2) is 42.4 Å². The van der Waals surface area contributed by atoms with E-state index in [1.54, 1.807) is 0 Å². The van der Waals surface area contributed by atoms with Crippen molar-refractivity contribution in [3.8, 4) is 0 Å². The molecule has 1 aromatic carbocycles. The van der Waals surface area contributed by atoms with E-state index in [2.05, 4.69) is 22.5 Å². The van der Waals surface area contributed by atoms with Gasteiger partial charge in [-0.25, -0.2) is 0 Å². The predicted octanol–water partition coefficient (Wildman–Crippen LogP) is 2.23. The molecule has 2 amide bonds. The van der Waals surface area contributed by atoms with Gasteiger partial charge < -0.3 is 10.6 Å². The molecule has 1 aromatic rings. The molecule has 1 aliphatic heterocycles. The number of likely N-dealkylation sites (tertiary alicyclic amines) is 1. The molecule has 0 unspecified atom stereocenters. The molecule has 1 aliphatic rings. The molecule has 1 atom stereocenters. The van der Waals surface area contributed by atoms with E-state index in [1.807, 2.05) is 32.0 Å². The van der Waals surface area contributed by atoms with Crippen molar-refractivity contribution >= 4 is 17.5 Å². The maximum Gasteiger partial charge on any atom is 0.243 e. The van der Waals surface area contributed by atoms with E-state index in [0.29, 0.717) is 12.6 Å². The van der Waals surface area contributed by atoms with E-state index >= 15 is 0 Å². The number of hydrogen-bond acceptors (Lipinski definition) is 3. The van der Waals surface area contributed by atoms with E-state index in [4.69, 9.17) is 0 Å². The molecule has 0 aliphatic carbocycles. The molecule has 0 aromatic heterocycles. The summed E-state index contributed by atoms with van der Waals surface area (Å²) in [4.78, 5) is 26.2. The van der Waals surface area contributed by atoms with Crippen molar-refractivity contribution in [1.82, 2.24) is 10.2 Å². The number of anilines is 1. The van der Waals surface area contributed by atoms with Gasteiger partial charge in [0.15, 0.2) is 0 Å². The number of carbonyl (C=O) groups is 2. The molecule has 0 radical (unpaired) electrons. The summed E-state index contributed by atoms with van der Waals surface area (Å²) in [7, 11) is 0. The van der Waals surface area contributed by atoms with Gasteiger partial charge in [0.1, 0.15) is 0 Å². The zero-order chi connectivity index (χ0) is 16.8. The van der Waals surface area contributed by atoms with Gasteiger partial charge in [-0.3, -0.25) is 14.5 Å². The van der Waals surface area contributed by atoms with Gasteiger partial charge >= 0.3 is 0 Å². The molecule has 2 rings (SSSR count). The van der Waals surface area contributed by atoms with Gasteiger partial charge in [-0.05, 0) is 57.4 Å². The highest BCUT2D eigenvalue weighted by molar-refractivity contribution is 5.95. The maximum atomic E-state index is 12.0. The Bertz CT molecular complexity index is 571. The van der Waals surface area contributed by atoms with Crippen molar-refractivity contribution in [2.45, 2.75) is 46.1 Å². The third kappa shape index (κ3) is 5.06. The Morgan fingerprint density at radius 3 is 2.74 bits per heavy atom. The van der Waals surface area contributed by atoms with Crippen molar-refractivity contribution in [3.63, 3.8) is 0 Å². The highest BCUT2D eigenvalue weighted by Crippen LogP contribution is 2.17. The van der Waals surface area contributed by atoms with Crippen LogP contribution in [0.3, 0.4) is 0 Å². The topological polar surface area (TPSA) is 61.4 Å². The molecule has 0 spiro atoms. The summed E-state index contributed by atoms with van der Waals surface area (Å²) < 4.78 is 0. The first-order valence-corrected chi connectivity index (χ1v) is 8.34. The molecule has 5 nitrogen and oxygen atoms in total. The summed E-state index contributed by atoms with van der Waals surface area (Å²) >= 11 is 0. The molecule has 2 N–H and O–H groups in total. The summed E-state index contributed by atoms with van der Waals surface area (Å²) in [5, 5.41) is 5.56. The average Bonchev–Trinajstić information content (AvgIpc) is 2.52. The van der Waals surface area contributed by atoms with E-state index in [0.717, 1.165) is 36.2 Å². The zero-order valence-electron chi connectivity index (χ0n) is 14.3. The third-order valence-corrected chi connectivity index (χ3v) is 4.61. The SMILES string of the molecule is Cc1cccc(NC(=O)CNC(=O)CN2CCCC[C@@H]2C)c1C. The summed E-state index contributed by atoms with van der Waals surface area (Å²) in [5.74, 6) is -0.284. The molecule has 5 heteroatoms. The number of nitrogens with one attached hydrogen (secondary N) is 2.